The Morgan fingerprint density at radius 1 is 1.23 bits per heavy atom. The van der Waals surface area contributed by atoms with Gasteiger partial charge in [-0.1, -0.05) is 30.3 Å². The Morgan fingerprint density at radius 2 is 1.90 bits per heavy atom. The number of fused-ring (bicyclic) bond motifs is 1. The van der Waals surface area contributed by atoms with Crippen LogP contribution >= 0.6 is 15.9 Å². The highest BCUT2D eigenvalue weighted by molar-refractivity contribution is 9.10. The van der Waals surface area contributed by atoms with E-state index in [0.29, 0.717) is 15.6 Å². The highest BCUT2D eigenvalue weighted by Gasteiger charge is 2.38. The largest absolute Gasteiger partial charge is 0.461 e. The Bertz CT molecular complexity index is 1070. The van der Waals surface area contributed by atoms with Gasteiger partial charge < -0.3 is 34.9 Å². The van der Waals surface area contributed by atoms with Crippen LogP contribution in [0.15, 0.2) is 51.6 Å². The van der Waals surface area contributed by atoms with Gasteiger partial charge in [-0.15, -0.1) is 0 Å². The van der Waals surface area contributed by atoms with E-state index in [1.165, 1.54) is 17.2 Å². The van der Waals surface area contributed by atoms with Crippen molar-refractivity contribution in [2.75, 3.05) is 13.1 Å². The van der Waals surface area contributed by atoms with E-state index >= 15 is 0 Å². The van der Waals surface area contributed by atoms with Crippen LogP contribution in [-0.2, 0) is 11.2 Å². The molecule has 4 rings (SSSR count). The molecule has 2 aromatic heterocycles. The first-order valence-electron chi connectivity index (χ1n) is 9.77. The molecule has 1 aliphatic heterocycles. The number of aliphatic hydroxyl groups excluding tert-OH is 3. The van der Waals surface area contributed by atoms with Crippen LogP contribution in [0.2, 0.25) is 0 Å². The maximum Gasteiger partial charge on any atom is 0.268 e. The Kier molecular flexibility index (Phi) is 6.15. The molecule has 0 aliphatic carbocycles. The summed E-state index contributed by atoms with van der Waals surface area (Å²) >= 11 is 3.33. The molecule has 31 heavy (non-hydrogen) atoms. The number of amides is 2. The summed E-state index contributed by atoms with van der Waals surface area (Å²) in [6.45, 7) is -0.159. The van der Waals surface area contributed by atoms with Crippen molar-refractivity contribution < 1.29 is 29.3 Å². The van der Waals surface area contributed by atoms with Crippen molar-refractivity contribution in [1.82, 2.24) is 15.2 Å². The molecule has 1 saturated heterocycles. The Balaban J connectivity index is 1.54. The molecule has 1 fully saturated rings. The number of aromatic nitrogens is 1. The average molecular weight is 492 g/mol. The molecule has 3 aromatic rings. The van der Waals surface area contributed by atoms with Gasteiger partial charge in [0.05, 0.1) is 28.2 Å². The Morgan fingerprint density at radius 3 is 2.55 bits per heavy atom. The van der Waals surface area contributed by atoms with Crippen LogP contribution < -0.4 is 5.32 Å². The number of H-pyrrole nitrogens is 1. The second kappa shape index (κ2) is 8.83. The third-order valence-electron chi connectivity index (χ3n) is 5.37. The van der Waals surface area contributed by atoms with Gasteiger partial charge in [0.2, 0.25) is 0 Å². The van der Waals surface area contributed by atoms with Crippen molar-refractivity contribution in [2.24, 2.45) is 0 Å². The van der Waals surface area contributed by atoms with E-state index in [1.807, 2.05) is 30.3 Å². The fourth-order valence-corrected chi connectivity index (χ4v) is 4.05. The summed E-state index contributed by atoms with van der Waals surface area (Å²) in [7, 11) is 0. The minimum Gasteiger partial charge on any atom is -0.461 e. The second-order valence-electron chi connectivity index (χ2n) is 7.60. The topological polar surface area (TPSA) is 139 Å². The first kappa shape index (κ1) is 21.6. The summed E-state index contributed by atoms with van der Waals surface area (Å²) in [5.74, 6) is -1.17. The molecule has 0 saturated carbocycles. The second-order valence-corrected chi connectivity index (χ2v) is 8.45. The lowest BCUT2D eigenvalue weighted by Crippen LogP contribution is -2.52. The zero-order valence-electron chi connectivity index (χ0n) is 16.4. The van der Waals surface area contributed by atoms with Crippen molar-refractivity contribution in [1.29, 1.82) is 0 Å². The van der Waals surface area contributed by atoms with E-state index in [4.69, 9.17) is 4.42 Å². The molecule has 10 heteroatoms. The number of likely N-dealkylation sites (tertiary alicyclic amines) is 1. The van der Waals surface area contributed by atoms with Crippen molar-refractivity contribution in [2.45, 2.75) is 30.8 Å². The number of β-amino-alcohol motifs (C(OH)–C–C–N with tert-alkyl or cyclic N) is 2. The quantitative estimate of drug-likeness (QED) is 0.345. The number of aliphatic hydroxyl groups is 3. The molecule has 0 radical (unpaired) electrons. The standard InChI is InChI=1S/C21H22BrN3O6/c22-12-10-31-17-7-14(23-18(12)17)20(29)24-13(6-11-4-2-1-3-5-11)19(28)21(30)25-8-15(26)16(27)9-25/h1-5,7,10,13,15-16,19,23,26-28H,6,8-9H2,(H,24,29)/t13-,15-,16+,19?/m0/s1. The predicted octanol–water partition coefficient (Wildman–Crippen LogP) is 0.789. The summed E-state index contributed by atoms with van der Waals surface area (Å²) in [5, 5.41) is 33.0. The number of carbonyl (C=O) groups excluding carboxylic acids is 2. The van der Waals surface area contributed by atoms with E-state index in [0.717, 1.165) is 5.56 Å². The molecular formula is C21H22BrN3O6. The molecular weight excluding hydrogens is 470 g/mol. The van der Waals surface area contributed by atoms with Gasteiger partial charge in [-0.05, 0) is 27.9 Å². The van der Waals surface area contributed by atoms with E-state index < -0.39 is 36.2 Å². The lowest BCUT2D eigenvalue weighted by molar-refractivity contribution is -0.141. The SMILES string of the molecule is O=C(N[C@@H](Cc1ccccc1)C(O)C(=O)N1C[C@@H](O)[C@@H](O)C1)c1cc2occ(Br)c2[nH]1. The fraction of sp³-hybridized carbons (Fsp3) is 0.333. The van der Waals surface area contributed by atoms with Crippen molar-refractivity contribution >= 4 is 38.8 Å². The molecule has 1 aliphatic rings. The van der Waals surface area contributed by atoms with Crippen LogP contribution in [0.25, 0.3) is 11.1 Å². The van der Waals surface area contributed by atoms with E-state index in [1.54, 1.807) is 0 Å². The van der Waals surface area contributed by atoms with Crippen LogP contribution in [0.5, 0.6) is 0 Å². The average Bonchev–Trinajstić information content (AvgIpc) is 3.43. The number of hydrogen-bond donors (Lipinski definition) is 5. The highest BCUT2D eigenvalue weighted by Crippen LogP contribution is 2.26. The molecule has 9 nitrogen and oxygen atoms in total. The zero-order chi connectivity index (χ0) is 22.1. The monoisotopic (exact) mass is 491 g/mol. The molecule has 164 valence electrons. The van der Waals surface area contributed by atoms with E-state index in [-0.39, 0.29) is 25.2 Å². The van der Waals surface area contributed by atoms with Crippen LogP contribution in [0.4, 0.5) is 0 Å². The number of hydrogen-bond acceptors (Lipinski definition) is 6. The third-order valence-corrected chi connectivity index (χ3v) is 5.96. The highest BCUT2D eigenvalue weighted by atomic mass is 79.9. The van der Waals surface area contributed by atoms with Crippen LogP contribution in [-0.4, -0.2) is 74.5 Å². The number of furan rings is 1. The number of nitrogens with zero attached hydrogens (tertiary/aromatic N) is 1. The van der Waals surface area contributed by atoms with Crippen molar-refractivity contribution in [3.63, 3.8) is 0 Å². The third kappa shape index (κ3) is 4.52. The van der Waals surface area contributed by atoms with Gasteiger partial charge >= 0.3 is 0 Å². The molecule has 3 heterocycles. The first-order chi connectivity index (χ1) is 14.8. The minimum atomic E-state index is -1.56. The van der Waals surface area contributed by atoms with Gasteiger partial charge in [-0.3, -0.25) is 9.59 Å². The summed E-state index contributed by atoms with van der Waals surface area (Å²) in [5.41, 5.74) is 2.17. The van der Waals surface area contributed by atoms with Crippen molar-refractivity contribution in [3.05, 3.63) is 58.4 Å². The summed E-state index contributed by atoms with van der Waals surface area (Å²) < 4.78 is 6.01. The van der Waals surface area contributed by atoms with Gasteiger partial charge in [0, 0.05) is 19.2 Å². The fourth-order valence-electron chi connectivity index (χ4n) is 3.67. The molecule has 0 bridgehead atoms. The molecule has 2 amide bonds. The number of halogens is 1. The molecule has 1 aromatic carbocycles. The number of benzene rings is 1. The van der Waals surface area contributed by atoms with Gasteiger partial charge in [0.1, 0.15) is 12.0 Å². The Labute approximate surface area is 185 Å². The Hall–Kier alpha value is -2.66. The molecule has 5 N–H and O–H groups in total. The molecule has 4 atom stereocenters. The summed E-state index contributed by atoms with van der Waals surface area (Å²) in [6, 6.07) is 9.76. The number of nitrogens with one attached hydrogen (secondary N) is 2. The minimum absolute atomic E-state index is 0.0793. The van der Waals surface area contributed by atoms with Crippen molar-refractivity contribution in [3.8, 4) is 0 Å². The van der Waals surface area contributed by atoms with Crippen LogP contribution in [0, 0.1) is 0 Å². The van der Waals surface area contributed by atoms with Gasteiger partial charge in [-0.2, -0.15) is 0 Å². The van der Waals surface area contributed by atoms with Gasteiger partial charge in [-0.25, -0.2) is 0 Å². The first-order valence-corrected chi connectivity index (χ1v) is 10.6. The number of rotatable bonds is 6. The predicted molar refractivity (Wildman–Crippen MR) is 114 cm³/mol. The normalized spacial score (nSPS) is 20.7. The smallest absolute Gasteiger partial charge is 0.268 e. The van der Waals surface area contributed by atoms with Crippen LogP contribution in [0.1, 0.15) is 16.1 Å². The lowest BCUT2D eigenvalue weighted by Gasteiger charge is -2.27. The van der Waals surface area contributed by atoms with Gasteiger partial charge in [0.25, 0.3) is 11.8 Å². The number of carbonyl (C=O) groups is 2. The molecule has 0 spiro atoms. The number of aromatic amines is 1. The van der Waals surface area contributed by atoms with Crippen LogP contribution in [0.3, 0.4) is 0 Å². The summed E-state index contributed by atoms with van der Waals surface area (Å²) in [4.78, 5) is 29.8. The maximum absolute atomic E-state index is 12.9. The maximum atomic E-state index is 12.9. The summed E-state index contributed by atoms with van der Waals surface area (Å²) in [6.07, 6.45) is -1.98. The molecule has 1 unspecified atom stereocenters. The lowest BCUT2D eigenvalue weighted by atomic mass is 10.00. The van der Waals surface area contributed by atoms with E-state index in [2.05, 4.69) is 26.2 Å². The van der Waals surface area contributed by atoms with E-state index in [9.17, 15) is 24.9 Å². The van der Waals surface area contributed by atoms with Gasteiger partial charge in [0.15, 0.2) is 11.7 Å². The zero-order valence-corrected chi connectivity index (χ0v) is 17.9.